The topological polar surface area (TPSA) is 3.24 Å². The molecule has 2 heteroatoms. The first-order valence-corrected chi connectivity index (χ1v) is 9.03. The van der Waals surface area contributed by atoms with Gasteiger partial charge in [-0.2, -0.15) is 0 Å². The van der Waals surface area contributed by atoms with E-state index in [0.717, 1.165) is 0 Å². The van der Waals surface area contributed by atoms with E-state index in [-0.39, 0.29) is 0 Å². The Labute approximate surface area is 138 Å². The highest BCUT2D eigenvalue weighted by atomic mass is 32.2. The maximum Gasteiger partial charge on any atom is 0.0343 e. The molecule has 1 fully saturated rings. The number of thioether (sulfide) groups is 1. The van der Waals surface area contributed by atoms with E-state index in [4.69, 9.17) is 0 Å². The van der Waals surface area contributed by atoms with Gasteiger partial charge < -0.3 is 4.90 Å². The second kappa shape index (κ2) is 6.89. The minimum atomic E-state index is 0.563. The molecule has 1 aliphatic heterocycles. The fourth-order valence-electron chi connectivity index (χ4n) is 3.58. The van der Waals surface area contributed by atoms with Gasteiger partial charge in [0.15, 0.2) is 0 Å². The molecule has 1 heterocycles. The van der Waals surface area contributed by atoms with Crippen molar-refractivity contribution in [2.45, 2.75) is 29.9 Å². The maximum atomic E-state index is 2.41. The van der Waals surface area contributed by atoms with Gasteiger partial charge in [0.05, 0.1) is 0 Å². The SMILES string of the molecule is C[C@@H]1[C@H](N(C)C)C[C@@H](c2ccccc2)S[C@H]1c1ccccc1. The molecule has 0 amide bonds. The summed E-state index contributed by atoms with van der Waals surface area (Å²) in [5.41, 5.74) is 2.93. The van der Waals surface area contributed by atoms with E-state index in [2.05, 4.69) is 98.3 Å². The van der Waals surface area contributed by atoms with Crippen LogP contribution in [-0.2, 0) is 0 Å². The summed E-state index contributed by atoms with van der Waals surface area (Å²) in [6.07, 6.45) is 1.23. The van der Waals surface area contributed by atoms with Gasteiger partial charge in [0.25, 0.3) is 0 Å². The Bertz CT molecular complexity index is 581. The molecule has 0 radical (unpaired) electrons. The molecule has 4 atom stereocenters. The highest BCUT2D eigenvalue weighted by molar-refractivity contribution is 7.99. The third-order valence-electron chi connectivity index (χ3n) is 4.81. The third-order valence-corrected chi connectivity index (χ3v) is 6.60. The van der Waals surface area contributed by atoms with Crippen LogP contribution in [0.3, 0.4) is 0 Å². The zero-order chi connectivity index (χ0) is 15.5. The Kier molecular flexibility index (Phi) is 4.90. The number of hydrogen-bond donors (Lipinski definition) is 0. The minimum Gasteiger partial charge on any atom is -0.306 e. The highest BCUT2D eigenvalue weighted by Crippen LogP contribution is 2.53. The van der Waals surface area contributed by atoms with Crippen LogP contribution in [0.4, 0.5) is 0 Å². The molecule has 0 N–H and O–H groups in total. The molecule has 0 saturated carbocycles. The Balaban J connectivity index is 1.92. The minimum absolute atomic E-state index is 0.563. The van der Waals surface area contributed by atoms with Crippen LogP contribution >= 0.6 is 11.8 Å². The van der Waals surface area contributed by atoms with Crippen molar-refractivity contribution in [3.8, 4) is 0 Å². The first-order chi connectivity index (χ1) is 10.7. The predicted octanol–water partition coefficient (Wildman–Crippen LogP) is 5.17. The first-order valence-electron chi connectivity index (χ1n) is 8.08. The standard InChI is InChI=1S/C20H25NS/c1-15-18(21(2)3)14-19(16-10-6-4-7-11-16)22-20(15)17-12-8-5-9-13-17/h4-13,15,18-20H,14H2,1-3H3/t15-,18-,19+,20-/m1/s1. The van der Waals surface area contributed by atoms with Crippen LogP contribution in [0.2, 0.25) is 0 Å². The highest BCUT2D eigenvalue weighted by Gasteiger charge is 2.37. The van der Waals surface area contributed by atoms with Crippen molar-refractivity contribution < 1.29 is 0 Å². The van der Waals surface area contributed by atoms with Crippen LogP contribution in [-0.4, -0.2) is 25.0 Å². The largest absolute Gasteiger partial charge is 0.306 e. The van der Waals surface area contributed by atoms with Crippen molar-refractivity contribution in [1.29, 1.82) is 0 Å². The van der Waals surface area contributed by atoms with Gasteiger partial charge in [-0.05, 0) is 37.6 Å². The quantitative estimate of drug-likeness (QED) is 0.769. The van der Waals surface area contributed by atoms with Crippen LogP contribution in [0.15, 0.2) is 60.7 Å². The molecular weight excluding hydrogens is 286 g/mol. The number of hydrogen-bond acceptors (Lipinski definition) is 2. The Morgan fingerprint density at radius 3 is 1.95 bits per heavy atom. The fourth-order valence-corrected chi connectivity index (χ4v) is 5.30. The van der Waals surface area contributed by atoms with Crippen molar-refractivity contribution in [3.05, 3.63) is 71.8 Å². The second-order valence-corrected chi connectivity index (χ2v) is 7.84. The molecule has 2 aromatic rings. The molecule has 116 valence electrons. The molecule has 0 unspecified atom stereocenters. The zero-order valence-corrected chi connectivity index (χ0v) is 14.5. The molecule has 0 spiro atoms. The molecule has 2 aromatic carbocycles. The van der Waals surface area contributed by atoms with Gasteiger partial charge in [-0.15, -0.1) is 11.8 Å². The van der Waals surface area contributed by atoms with Crippen molar-refractivity contribution >= 4 is 11.8 Å². The van der Waals surface area contributed by atoms with Gasteiger partial charge in [-0.25, -0.2) is 0 Å². The average molecular weight is 311 g/mol. The summed E-state index contributed by atoms with van der Waals surface area (Å²) in [5.74, 6) is 0.655. The van der Waals surface area contributed by atoms with E-state index in [1.807, 2.05) is 0 Å². The number of benzene rings is 2. The van der Waals surface area contributed by atoms with Crippen LogP contribution in [0.5, 0.6) is 0 Å². The van der Waals surface area contributed by atoms with Crippen LogP contribution in [0.1, 0.15) is 35.0 Å². The van der Waals surface area contributed by atoms with E-state index in [1.54, 1.807) is 0 Å². The molecule has 0 bridgehead atoms. The normalized spacial score (nSPS) is 28.7. The summed E-state index contributed by atoms with van der Waals surface area (Å²) in [6, 6.07) is 22.6. The van der Waals surface area contributed by atoms with Gasteiger partial charge in [0.1, 0.15) is 0 Å². The Hall–Kier alpha value is -1.25. The Morgan fingerprint density at radius 1 is 0.864 bits per heavy atom. The summed E-state index contributed by atoms with van der Waals surface area (Å²) in [6.45, 7) is 2.41. The molecule has 0 aromatic heterocycles. The second-order valence-electron chi connectivity index (χ2n) is 6.49. The van der Waals surface area contributed by atoms with E-state index >= 15 is 0 Å². The molecule has 0 aliphatic carbocycles. The molecule has 1 aliphatic rings. The lowest BCUT2D eigenvalue weighted by Crippen LogP contribution is -2.40. The lowest BCUT2D eigenvalue weighted by atomic mass is 9.87. The molecule has 1 nitrogen and oxygen atoms in total. The van der Waals surface area contributed by atoms with Crippen LogP contribution in [0.25, 0.3) is 0 Å². The van der Waals surface area contributed by atoms with Gasteiger partial charge in [0, 0.05) is 16.5 Å². The molecular formula is C20H25NS. The predicted molar refractivity (Wildman–Crippen MR) is 97.2 cm³/mol. The first kappa shape index (κ1) is 15.6. The van der Waals surface area contributed by atoms with Gasteiger partial charge in [0.2, 0.25) is 0 Å². The van der Waals surface area contributed by atoms with E-state index in [9.17, 15) is 0 Å². The molecule has 22 heavy (non-hydrogen) atoms. The average Bonchev–Trinajstić information content (AvgIpc) is 2.56. The van der Waals surface area contributed by atoms with Crippen molar-refractivity contribution in [1.82, 2.24) is 4.90 Å². The lowest BCUT2D eigenvalue weighted by Gasteiger charge is -2.43. The van der Waals surface area contributed by atoms with Gasteiger partial charge in [-0.1, -0.05) is 67.6 Å². The summed E-state index contributed by atoms with van der Waals surface area (Å²) in [5, 5.41) is 1.14. The summed E-state index contributed by atoms with van der Waals surface area (Å²) >= 11 is 2.14. The monoisotopic (exact) mass is 311 g/mol. The number of nitrogens with zero attached hydrogens (tertiary/aromatic N) is 1. The van der Waals surface area contributed by atoms with Crippen LogP contribution < -0.4 is 0 Å². The summed E-state index contributed by atoms with van der Waals surface area (Å²) in [7, 11) is 4.45. The lowest BCUT2D eigenvalue weighted by molar-refractivity contribution is 0.195. The van der Waals surface area contributed by atoms with E-state index in [1.165, 1.54) is 17.5 Å². The van der Waals surface area contributed by atoms with E-state index < -0.39 is 0 Å². The summed E-state index contributed by atoms with van der Waals surface area (Å²) in [4.78, 5) is 2.41. The maximum absolute atomic E-state index is 2.41. The number of rotatable bonds is 3. The van der Waals surface area contributed by atoms with Crippen molar-refractivity contribution in [2.75, 3.05) is 14.1 Å². The third kappa shape index (κ3) is 3.23. The van der Waals surface area contributed by atoms with Crippen LogP contribution in [0, 0.1) is 5.92 Å². The molecule has 1 saturated heterocycles. The Morgan fingerprint density at radius 2 is 1.41 bits per heavy atom. The van der Waals surface area contributed by atoms with Crippen molar-refractivity contribution in [3.63, 3.8) is 0 Å². The van der Waals surface area contributed by atoms with Crippen molar-refractivity contribution in [2.24, 2.45) is 5.92 Å². The molecule has 3 rings (SSSR count). The van der Waals surface area contributed by atoms with Gasteiger partial charge >= 0.3 is 0 Å². The van der Waals surface area contributed by atoms with E-state index in [0.29, 0.717) is 22.5 Å². The summed E-state index contributed by atoms with van der Waals surface area (Å²) < 4.78 is 0. The van der Waals surface area contributed by atoms with Gasteiger partial charge in [-0.3, -0.25) is 0 Å². The fraction of sp³-hybridized carbons (Fsp3) is 0.400. The smallest absolute Gasteiger partial charge is 0.0343 e. The zero-order valence-electron chi connectivity index (χ0n) is 13.6.